The lowest BCUT2D eigenvalue weighted by Gasteiger charge is -2.20. The molecule has 0 saturated carbocycles. The van der Waals surface area contributed by atoms with Crippen LogP contribution in [0.15, 0.2) is 41.6 Å². The molecule has 1 unspecified atom stereocenters. The lowest BCUT2D eigenvalue weighted by atomic mass is 10.1. The predicted molar refractivity (Wildman–Crippen MR) is 114 cm³/mol. The molecule has 0 radical (unpaired) electrons. The van der Waals surface area contributed by atoms with Crippen LogP contribution in [0.3, 0.4) is 0 Å². The zero-order valence-corrected chi connectivity index (χ0v) is 17.4. The fourth-order valence-electron chi connectivity index (χ4n) is 4.15. The number of carbonyl (C=O) groups excluding carboxylic acids is 1. The third-order valence-corrected chi connectivity index (χ3v) is 5.83. The molecule has 2 aromatic heterocycles. The van der Waals surface area contributed by atoms with Crippen LogP contribution < -0.4 is 15.6 Å². The van der Waals surface area contributed by atoms with Gasteiger partial charge in [0.2, 0.25) is 0 Å². The van der Waals surface area contributed by atoms with Crippen LogP contribution in [-0.2, 0) is 13.0 Å². The highest BCUT2D eigenvalue weighted by Gasteiger charge is 2.27. The third-order valence-electron chi connectivity index (χ3n) is 5.62. The minimum absolute atomic E-state index is 0.160. The fraction of sp³-hybridized carbons (Fsp3) is 0.318. The summed E-state index contributed by atoms with van der Waals surface area (Å²) >= 11 is 6.23. The molecule has 2 aliphatic rings. The van der Waals surface area contributed by atoms with Gasteiger partial charge >= 0.3 is 0 Å². The number of nitrogens with one attached hydrogen (secondary N) is 1. The Balaban J connectivity index is 1.52. The number of ether oxygens (including phenoxy) is 1. The van der Waals surface area contributed by atoms with Crippen molar-refractivity contribution in [1.82, 2.24) is 24.8 Å². The summed E-state index contributed by atoms with van der Waals surface area (Å²) in [6.45, 7) is 1.09. The predicted octanol–water partition coefficient (Wildman–Crippen LogP) is 2.94. The van der Waals surface area contributed by atoms with Crippen LogP contribution in [-0.4, -0.2) is 32.0 Å². The molecule has 4 heterocycles. The van der Waals surface area contributed by atoms with Gasteiger partial charge in [0.1, 0.15) is 17.9 Å². The summed E-state index contributed by atoms with van der Waals surface area (Å²) in [5, 5.41) is 3.56. The number of aromatic nitrogens is 4. The molecule has 8 nitrogen and oxygen atoms in total. The van der Waals surface area contributed by atoms with Crippen LogP contribution in [0, 0.1) is 0 Å². The molecule has 9 heteroatoms. The molecule has 3 aromatic rings. The maximum Gasteiger partial charge on any atom is 0.255 e. The number of amides is 1. The van der Waals surface area contributed by atoms with E-state index in [2.05, 4.69) is 15.3 Å². The number of nitrogens with zero attached hydrogens (tertiary/aromatic N) is 4. The van der Waals surface area contributed by atoms with E-state index in [1.807, 2.05) is 6.07 Å². The Kier molecular flexibility index (Phi) is 5.15. The van der Waals surface area contributed by atoms with Crippen LogP contribution in [0.25, 0.3) is 11.4 Å². The molecule has 0 aliphatic carbocycles. The van der Waals surface area contributed by atoms with E-state index in [9.17, 15) is 9.59 Å². The van der Waals surface area contributed by atoms with Crippen LogP contribution >= 0.6 is 11.6 Å². The van der Waals surface area contributed by atoms with Gasteiger partial charge in [0.25, 0.3) is 11.5 Å². The van der Waals surface area contributed by atoms with E-state index in [1.54, 1.807) is 22.9 Å². The number of carbonyl (C=O) groups is 1. The van der Waals surface area contributed by atoms with E-state index in [-0.39, 0.29) is 11.5 Å². The average Bonchev–Trinajstić information content (AvgIpc) is 3.15. The molecular formula is C22H20ClN5O3. The van der Waals surface area contributed by atoms with Crippen molar-refractivity contribution in [2.24, 2.45) is 0 Å². The minimum atomic E-state index is -0.416. The van der Waals surface area contributed by atoms with Crippen molar-refractivity contribution in [1.29, 1.82) is 0 Å². The molecule has 1 N–H and O–H groups in total. The van der Waals surface area contributed by atoms with Crippen molar-refractivity contribution in [2.75, 3.05) is 6.61 Å². The SMILES string of the molecule is O=C(NC1CCCCn2c1nc(-c1ccncn1)cc2=O)c1cc(Cl)cc2c1OCC2. The molecule has 0 saturated heterocycles. The highest BCUT2D eigenvalue weighted by molar-refractivity contribution is 6.31. The average molecular weight is 438 g/mol. The highest BCUT2D eigenvalue weighted by atomic mass is 35.5. The lowest BCUT2D eigenvalue weighted by molar-refractivity contribution is 0.0929. The molecule has 2 aliphatic heterocycles. The molecule has 0 fully saturated rings. The largest absolute Gasteiger partial charge is 0.492 e. The summed E-state index contributed by atoms with van der Waals surface area (Å²) in [4.78, 5) is 38.9. The zero-order valence-electron chi connectivity index (χ0n) is 16.7. The van der Waals surface area contributed by atoms with Gasteiger partial charge in [0, 0.05) is 30.3 Å². The van der Waals surface area contributed by atoms with Crippen molar-refractivity contribution in [3.63, 3.8) is 0 Å². The van der Waals surface area contributed by atoms with Gasteiger partial charge in [-0.2, -0.15) is 0 Å². The Labute approximate surface area is 183 Å². The second-order valence-electron chi connectivity index (χ2n) is 7.65. The maximum atomic E-state index is 13.2. The maximum absolute atomic E-state index is 13.2. The van der Waals surface area contributed by atoms with E-state index in [4.69, 9.17) is 21.3 Å². The summed E-state index contributed by atoms with van der Waals surface area (Å²) < 4.78 is 7.32. The normalized spacial score (nSPS) is 17.3. The molecule has 158 valence electrons. The summed E-state index contributed by atoms with van der Waals surface area (Å²) in [5.74, 6) is 0.822. The molecule has 5 rings (SSSR count). The summed E-state index contributed by atoms with van der Waals surface area (Å²) in [6, 6.07) is 6.22. The van der Waals surface area contributed by atoms with Gasteiger partial charge in [0.05, 0.1) is 29.6 Å². The lowest BCUT2D eigenvalue weighted by Crippen LogP contribution is -2.34. The molecule has 1 amide bonds. The second-order valence-corrected chi connectivity index (χ2v) is 8.08. The van der Waals surface area contributed by atoms with Crippen LogP contribution in [0.2, 0.25) is 5.02 Å². The van der Waals surface area contributed by atoms with Gasteiger partial charge < -0.3 is 10.1 Å². The van der Waals surface area contributed by atoms with Gasteiger partial charge in [-0.3, -0.25) is 14.2 Å². The van der Waals surface area contributed by atoms with Crippen molar-refractivity contribution in [3.8, 4) is 17.1 Å². The first-order valence-electron chi connectivity index (χ1n) is 10.2. The van der Waals surface area contributed by atoms with Crippen LogP contribution in [0.5, 0.6) is 5.75 Å². The molecular weight excluding hydrogens is 418 g/mol. The monoisotopic (exact) mass is 437 g/mol. The van der Waals surface area contributed by atoms with E-state index >= 15 is 0 Å². The number of benzene rings is 1. The number of hydrogen-bond donors (Lipinski definition) is 1. The van der Waals surface area contributed by atoms with E-state index in [1.165, 1.54) is 12.4 Å². The molecule has 31 heavy (non-hydrogen) atoms. The third kappa shape index (κ3) is 3.79. The standard InChI is InChI=1S/C22H20ClN5O3/c23-14-9-13-5-8-31-20(13)15(10-14)22(30)27-17-3-1-2-7-28-19(29)11-18(26-21(17)28)16-4-6-24-12-25-16/h4,6,9-12,17H,1-3,5,7-8H2,(H,27,30). The quantitative estimate of drug-likeness (QED) is 0.676. The summed E-state index contributed by atoms with van der Waals surface area (Å²) in [6.07, 6.45) is 6.12. The minimum Gasteiger partial charge on any atom is -0.492 e. The second kappa shape index (κ2) is 8.11. The first-order chi connectivity index (χ1) is 15.1. The van der Waals surface area contributed by atoms with Gasteiger partial charge in [-0.25, -0.2) is 15.0 Å². The molecule has 0 spiro atoms. The Hall–Kier alpha value is -3.26. The first kappa shape index (κ1) is 19.7. The smallest absolute Gasteiger partial charge is 0.255 e. The number of fused-ring (bicyclic) bond motifs is 2. The van der Waals surface area contributed by atoms with E-state index in [0.29, 0.717) is 53.1 Å². The molecule has 1 aromatic carbocycles. The van der Waals surface area contributed by atoms with Crippen molar-refractivity contribution >= 4 is 17.5 Å². The fourth-order valence-corrected chi connectivity index (χ4v) is 4.39. The Morgan fingerprint density at radius 3 is 2.97 bits per heavy atom. The molecule has 1 atom stereocenters. The first-order valence-corrected chi connectivity index (χ1v) is 10.6. The van der Waals surface area contributed by atoms with Crippen LogP contribution in [0.1, 0.15) is 47.1 Å². The Morgan fingerprint density at radius 2 is 2.13 bits per heavy atom. The molecule has 0 bridgehead atoms. The van der Waals surface area contributed by atoms with Crippen molar-refractivity contribution in [3.05, 3.63) is 69.1 Å². The van der Waals surface area contributed by atoms with E-state index < -0.39 is 6.04 Å². The Bertz CT molecular complexity index is 1210. The summed E-state index contributed by atoms with van der Waals surface area (Å²) in [5.41, 5.74) is 2.20. The Morgan fingerprint density at radius 1 is 1.23 bits per heavy atom. The zero-order chi connectivity index (χ0) is 21.4. The van der Waals surface area contributed by atoms with Crippen molar-refractivity contribution < 1.29 is 9.53 Å². The van der Waals surface area contributed by atoms with Gasteiger partial charge in [0.15, 0.2) is 0 Å². The van der Waals surface area contributed by atoms with E-state index in [0.717, 1.165) is 24.8 Å². The number of hydrogen-bond acceptors (Lipinski definition) is 6. The number of halogens is 1. The van der Waals surface area contributed by atoms with Gasteiger partial charge in [-0.15, -0.1) is 0 Å². The van der Waals surface area contributed by atoms with Crippen molar-refractivity contribution in [2.45, 2.75) is 38.3 Å². The summed E-state index contributed by atoms with van der Waals surface area (Å²) in [7, 11) is 0. The van der Waals surface area contributed by atoms with Gasteiger partial charge in [-0.1, -0.05) is 11.6 Å². The number of rotatable bonds is 3. The topological polar surface area (TPSA) is 99.0 Å². The van der Waals surface area contributed by atoms with Gasteiger partial charge in [-0.05, 0) is 43.0 Å². The highest BCUT2D eigenvalue weighted by Crippen LogP contribution is 2.33. The van der Waals surface area contributed by atoms with Crippen LogP contribution in [0.4, 0.5) is 0 Å².